The predicted molar refractivity (Wildman–Crippen MR) is 57.2 cm³/mol. The van der Waals surface area contributed by atoms with Crippen LogP contribution in [-0.4, -0.2) is 51.0 Å². The Morgan fingerprint density at radius 3 is 2.72 bits per heavy atom. The van der Waals surface area contributed by atoms with E-state index in [0.717, 1.165) is 11.8 Å². The number of aliphatic carboxylic acids is 1. The van der Waals surface area contributed by atoms with E-state index in [1.54, 1.807) is 0 Å². The van der Waals surface area contributed by atoms with Gasteiger partial charge in [-0.25, -0.2) is 0 Å². The normalized spacial score (nSPS) is 41.3. The van der Waals surface area contributed by atoms with E-state index in [1.165, 1.54) is 11.9 Å². The molecular weight excluding hydrogens is 262 g/mol. The number of piperidine rings is 1. The number of carboxylic acid groups (broad SMARTS) is 1. The Morgan fingerprint density at radius 1 is 1.44 bits per heavy atom. The maximum atomic E-state index is 12.1. The molecule has 3 fully saturated rings. The van der Waals surface area contributed by atoms with Crippen molar-refractivity contribution in [2.75, 3.05) is 7.05 Å². The van der Waals surface area contributed by atoms with E-state index in [4.69, 9.17) is 5.11 Å². The molecule has 18 heavy (non-hydrogen) atoms. The summed E-state index contributed by atoms with van der Waals surface area (Å²) in [6.45, 7) is 0. The van der Waals surface area contributed by atoms with Crippen LogP contribution in [0.1, 0.15) is 6.42 Å². The largest absolute Gasteiger partial charge is 0.481 e. The molecule has 3 heterocycles. The fourth-order valence-electron chi connectivity index (χ4n) is 3.01. The Hall–Kier alpha value is -1.57. The number of hydrogen-bond donors (Lipinski definition) is 1. The first kappa shape index (κ1) is 11.5. The number of carboxylic acids is 1. The summed E-state index contributed by atoms with van der Waals surface area (Å²) in [5.41, 5.74) is 0. The molecule has 0 saturated carbocycles. The number of rotatable bonds is 2. The Balaban J connectivity index is 2.10. The van der Waals surface area contributed by atoms with Crippen molar-refractivity contribution in [2.24, 2.45) is 11.8 Å². The number of carbonyl (C=O) groups is 4. The molecule has 3 aliphatic heterocycles. The third-order valence-corrected chi connectivity index (χ3v) is 5.55. The van der Waals surface area contributed by atoms with Crippen molar-refractivity contribution >= 4 is 35.6 Å². The van der Waals surface area contributed by atoms with E-state index >= 15 is 0 Å². The van der Waals surface area contributed by atoms with E-state index in [-0.39, 0.29) is 0 Å². The van der Waals surface area contributed by atoms with Crippen molar-refractivity contribution in [3.63, 3.8) is 0 Å². The first-order valence-electron chi connectivity index (χ1n) is 5.31. The van der Waals surface area contributed by atoms with Crippen molar-refractivity contribution in [3.05, 3.63) is 0 Å². The van der Waals surface area contributed by atoms with Gasteiger partial charge in [-0.3, -0.25) is 19.2 Å². The van der Waals surface area contributed by atoms with Crippen molar-refractivity contribution in [1.82, 2.24) is 4.90 Å². The van der Waals surface area contributed by atoms with Gasteiger partial charge in [0, 0.05) is 7.05 Å². The second kappa shape index (κ2) is 3.25. The molecule has 0 aromatic heterocycles. The third-order valence-electron chi connectivity index (χ3n) is 3.70. The maximum Gasteiger partial charge on any atom is 0.320 e. The number of amides is 1. The first-order chi connectivity index (χ1) is 8.38. The molecule has 0 aromatic carbocycles. The number of esters is 2. The Morgan fingerprint density at radius 2 is 2.11 bits per heavy atom. The van der Waals surface area contributed by atoms with Gasteiger partial charge in [-0.15, -0.1) is 11.8 Å². The molecule has 8 heteroatoms. The number of fused-ring (bicyclic) bond motifs is 5. The standard InChI is InChI=1S/C10H9NO6S/c1-11-6-4-5(8(15)17-7(4)14)10(18-6,9(11)16)2-3(12)13/h4-6H,2H2,1H3,(H,12,13)/t4-,5-,6-,10+/m1/s1. The van der Waals surface area contributed by atoms with Gasteiger partial charge in [0.25, 0.3) is 0 Å². The van der Waals surface area contributed by atoms with E-state index in [9.17, 15) is 19.2 Å². The minimum Gasteiger partial charge on any atom is -0.481 e. The van der Waals surface area contributed by atoms with Crippen LogP contribution in [0.4, 0.5) is 0 Å². The Bertz CT molecular complexity index is 505. The number of cyclic esters (lactones) is 2. The SMILES string of the molecule is CN1C(=O)[C@@]2(CC(=O)O)S[C@@H]1[C@@H]1C(=O)OC(=O)[C@@H]12. The smallest absolute Gasteiger partial charge is 0.320 e. The molecule has 0 spiro atoms. The first-order valence-corrected chi connectivity index (χ1v) is 6.19. The number of ether oxygens (including phenoxy) is 1. The second-order valence-electron chi connectivity index (χ2n) is 4.63. The number of hydrogen-bond acceptors (Lipinski definition) is 6. The van der Waals surface area contributed by atoms with Crippen LogP contribution in [-0.2, 0) is 23.9 Å². The molecule has 3 aliphatic rings. The van der Waals surface area contributed by atoms with Gasteiger partial charge in [-0.05, 0) is 0 Å². The fourth-order valence-corrected chi connectivity index (χ4v) is 4.95. The summed E-state index contributed by atoms with van der Waals surface area (Å²) in [6.07, 6.45) is -0.471. The molecule has 0 unspecified atom stereocenters. The van der Waals surface area contributed by atoms with E-state index in [1.807, 2.05) is 0 Å². The van der Waals surface area contributed by atoms with Crippen LogP contribution in [0.25, 0.3) is 0 Å². The lowest BCUT2D eigenvalue weighted by molar-refractivity contribution is -0.154. The summed E-state index contributed by atoms with van der Waals surface area (Å²) in [7, 11) is 1.51. The van der Waals surface area contributed by atoms with E-state index in [0.29, 0.717) is 0 Å². The highest BCUT2D eigenvalue weighted by molar-refractivity contribution is 8.02. The van der Waals surface area contributed by atoms with Crippen molar-refractivity contribution in [3.8, 4) is 0 Å². The van der Waals surface area contributed by atoms with Crippen LogP contribution in [0.2, 0.25) is 0 Å². The monoisotopic (exact) mass is 271 g/mol. The van der Waals surface area contributed by atoms with Crippen LogP contribution in [0.5, 0.6) is 0 Å². The van der Waals surface area contributed by atoms with Crippen molar-refractivity contribution < 1.29 is 29.0 Å². The van der Waals surface area contributed by atoms with Crippen LogP contribution in [0.3, 0.4) is 0 Å². The van der Waals surface area contributed by atoms with Gasteiger partial charge in [0.15, 0.2) is 0 Å². The topological polar surface area (TPSA) is 101 Å². The van der Waals surface area contributed by atoms with E-state index in [2.05, 4.69) is 4.74 Å². The van der Waals surface area contributed by atoms with Crippen molar-refractivity contribution in [2.45, 2.75) is 16.5 Å². The van der Waals surface area contributed by atoms with Gasteiger partial charge >= 0.3 is 17.9 Å². The summed E-state index contributed by atoms with van der Waals surface area (Å²) in [5.74, 6) is -4.70. The molecule has 0 aliphatic carbocycles. The average Bonchev–Trinajstić information content (AvgIpc) is 2.82. The quantitative estimate of drug-likeness (QED) is 0.511. The lowest BCUT2D eigenvalue weighted by Gasteiger charge is -2.32. The zero-order valence-corrected chi connectivity index (χ0v) is 10.1. The molecule has 2 bridgehead atoms. The van der Waals surface area contributed by atoms with Gasteiger partial charge in [0.1, 0.15) is 10.7 Å². The molecule has 0 radical (unpaired) electrons. The molecular formula is C10H9NO6S. The zero-order valence-electron chi connectivity index (χ0n) is 9.28. The average molecular weight is 271 g/mol. The fraction of sp³-hybridized carbons (Fsp3) is 0.600. The van der Waals surface area contributed by atoms with Crippen molar-refractivity contribution in [1.29, 1.82) is 0 Å². The van der Waals surface area contributed by atoms with Crippen LogP contribution in [0.15, 0.2) is 0 Å². The molecule has 1 N–H and O–H groups in total. The summed E-state index contributed by atoms with van der Waals surface area (Å²) in [6, 6.07) is 0. The molecule has 7 nitrogen and oxygen atoms in total. The molecule has 4 atom stereocenters. The number of nitrogens with zero attached hydrogens (tertiary/aromatic N) is 1. The van der Waals surface area contributed by atoms with Gasteiger partial charge in [-0.2, -0.15) is 0 Å². The van der Waals surface area contributed by atoms with Gasteiger partial charge in [0.2, 0.25) is 5.91 Å². The zero-order chi connectivity index (χ0) is 13.2. The van der Waals surface area contributed by atoms with Gasteiger partial charge in [-0.1, -0.05) is 0 Å². The number of thioether (sulfide) groups is 1. The lowest BCUT2D eigenvalue weighted by atomic mass is 9.77. The lowest BCUT2D eigenvalue weighted by Crippen LogP contribution is -2.54. The Labute approximate surface area is 105 Å². The Kier molecular flexibility index (Phi) is 2.08. The molecule has 3 rings (SSSR count). The van der Waals surface area contributed by atoms with Gasteiger partial charge in [0.05, 0.1) is 17.7 Å². The van der Waals surface area contributed by atoms with Crippen LogP contribution in [0, 0.1) is 11.8 Å². The van der Waals surface area contributed by atoms with Crippen LogP contribution < -0.4 is 0 Å². The highest BCUT2D eigenvalue weighted by Crippen LogP contribution is 2.62. The maximum absolute atomic E-state index is 12.1. The summed E-state index contributed by atoms with van der Waals surface area (Å²) in [4.78, 5) is 47.7. The minimum atomic E-state index is -1.38. The van der Waals surface area contributed by atoms with E-state index < -0.39 is 52.2 Å². The number of likely N-dealkylation sites (tertiary alicyclic amines) is 1. The highest BCUT2D eigenvalue weighted by atomic mass is 32.2. The summed E-state index contributed by atoms with van der Waals surface area (Å²) in [5, 5.41) is 8.44. The second-order valence-corrected chi connectivity index (χ2v) is 6.08. The summed E-state index contributed by atoms with van der Waals surface area (Å²) < 4.78 is 3.17. The molecule has 96 valence electrons. The van der Waals surface area contributed by atoms with Gasteiger partial charge < -0.3 is 14.7 Å². The minimum absolute atomic E-state index is 0.409. The molecule has 3 saturated heterocycles. The summed E-state index contributed by atoms with van der Waals surface area (Å²) >= 11 is 1.10. The molecule has 1 amide bonds. The predicted octanol–water partition coefficient (Wildman–Crippen LogP) is -0.939. The number of carbonyl (C=O) groups excluding carboxylic acids is 3. The molecule has 0 aromatic rings. The van der Waals surface area contributed by atoms with Crippen LogP contribution >= 0.6 is 11.8 Å². The third kappa shape index (κ3) is 1.11. The highest BCUT2D eigenvalue weighted by Gasteiger charge is 2.74.